The molecule has 0 spiro atoms. The molecular formula is C13H19N3O. The summed E-state index contributed by atoms with van der Waals surface area (Å²) in [6.45, 7) is 7.83. The Labute approximate surface area is 102 Å². The predicted octanol–water partition coefficient (Wildman–Crippen LogP) is 2.33. The molecular weight excluding hydrogens is 214 g/mol. The third-order valence-electron chi connectivity index (χ3n) is 2.65. The molecule has 4 nitrogen and oxygen atoms in total. The Hall–Kier alpha value is -1.55. The molecule has 2 rings (SSSR count). The van der Waals surface area contributed by atoms with E-state index in [1.165, 1.54) is 5.56 Å². The molecule has 2 aromatic heterocycles. The van der Waals surface area contributed by atoms with Crippen molar-refractivity contribution >= 4 is 0 Å². The van der Waals surface area contributed by atoms with Gasteiger partial charge in [0.15, 0.2) is 0 Å². The van der Waals surface area contributed by atoms with Crippen molar-refractivity contribution in [3.63, 3.8) is 0 Å². The SMILES string of the molecule is Cc1oc(Cn2cccn2)cc1CNC(C)C. The number of furan rings is 1. The Balaban J connectivity index is 2.02. The molecule has 1 N–H and O–H groups in total. The van der Waals surface area contributed by atoms with Crippen LogP contribution in [-0.2, 0) is 13.1 Å². The lowest BCUT2D eigenvalue weighted by atomic mass is 10.2. The summed E-state index contributed by atoms with van der Waals surface area (Å²) in [4.78, 5) is 0. The van der Waals surface area contributed by atoms with Crippen LogP contribution in [-0.4, -0.2) is 15.8 Å². The highest BCUT2D eigenvalue weighted by atomic mass is 16.3. The first-order chi connectivity index (χ1) is 8.15. The lowest BCUT2D eigenvalue weighted by Crippen LogP contribution is -2.21. The van der Waals surface area contributed by atoms with Gasteiger partial charge in [0.1, 0.15) is 11.5 Å². The average molecular weight is 233 g/mol. The maximum atomic E-state index is 5.72. The van der Waals surface area contributed by atoms with Crippen LogP contribution in [0.3, 0.4) is 0 Å². The molecule has 0 saturated heterocycles. The zero-order valence-electron chi connectivity index (χ0n) is 10.6. The predicted molar refractivity (Wildman–Crippen MR) is 66.7 cm³/mol. The van der Waals surface area contributed by atoms with E-state index in [-0.39, 0.29) is 0 Å². The summed E-state index contributed by atoms with van der Waals surface area (Å²) in [6, 6.07) is 4.50. The van der Waals surface area contributed by atoms with Gasteiger partial charge in [-0.05, 0) is 19.1 Å². The van der Waals surface area contributed by atoms with Crippen molar-refractivity contribution in [3.05, 3.63) is 41.6 Å². The van der Waals surface area contributed by atoms with Gasteiger partial charge in [-0.1, -0.05) is 13.8 Å². The van der Waals surface area contributed by atoms with Crippen molar-refractivity contribution in [2.24, 2.45) is 0 Å². The molecule has 0 atom stereocenters. The van der Waals surface area contributed by atoms with Crippen molar-refractivity contribution in [1.29, 1.82) is 0 Å². The molecule has 0 saturated carbocycles. The molecule has 0 fully saturated rings. The monoisotopic (exact) mass is 233 g/mol. The van der Waals surface area contributed by atoms with E-state index in [4.69, 9.17) is 4.42 Å². The van der Waals surface area contributed by atoms with Crippen LogP contribution < -0.4 is 5.32 Å². The van der Waals surface area contributed by atoms with Crippen LogP contribution in [0.4, 0.5) is 0 Å². The second kappa shape index (κ2) is 5.19. The molecule has 4 heteroatoms. The number of hydrogen-bond donors (Lipinski definition) is 1. The summed E-state index contributed by atoms with van der Waals surface area (Å²) in [7, 11) is 0. The summed E-state index contributed by atoms with van der Waals surface area (Å²) in [5.74, 6) is 1.94. The molecule has 2 aromatic rings. The van der Waals surface area contributed by atoms with E-state index < -0.39 is 0 Å². The first-order valence-electron chi connectivity index (χ1n) is 5.94. The summed E-state index contributed by atoms with van der Waals surface area (Å²) >= 11 is 0. The van der Waals surface area contributed by atoms with Crippen LogP contribution >= 0.6 is 0 Å². The molecule has 0 bridgehead atoms. The number of rotatable bonds is 5. The molecule has 0 amide bonds. The van der Waals surface area contributed by atoms with Gasteiger partial charge in [0.05, 0.1) is 6.54 Å². The van der Waals surface area contributed by atoms with E-state index in [1.54, 1.807) is 6.20 Å². The third kappa shape index (κ3) is 3.20. The number of nitrogens with one attached hydrogen (secondary N) is 1. The van der Waals surface area contributed by atoms with Crippen LogP contribution in [0.2, 0.25) is 0 Å². The summed E-state index contributed by atoms with van der Waals surface area (Å²) in [5, 5.41) is 7.56. The van der Waals surface area contributed by atoms with Crippen LogP contribution in [0, 0.1) is 6.92 Å². The van der Waals surface area contributed by atoms with Crippen molar-refractivity contribution in [3.8, 4) is 0 Å². The highest BCUT2D eigenvalue weighted by Gasteiger charge is 2.08. The van der Waals surface area contributed by atoms with Gasteiger partial charge in [-0.2, -0.15) is 5.10 Å². The van der Waals surface area contributed by atoms with E-state index >= 15 is 0 Å². The fourth-order valence-corrected chi connectivity index (χ4v) is 1.71. The Bertz CT molecular complexity index is 457. The largest absolute Gasteiger partial charge is 0.464 e. The Morgan fingerprint density at radius 1 is 1.47 bits per heavy atom. The van der Waals surface area contributed by atoms with E-state index in [0.29, 0.717) is 12.6 Å². The molecule has 17 heavy (non-hydrogen) atoms. The van der Waals surface area contributed by atoms with E-state index in [0.717, 1.165) is 18.1 Å². The summed E-state index contributed by atoms with van der Waals surface area (Å²) < 4.78 is 7.58. The number of hydrogen-bond acceptors (Lipinski definition) is 3. The first-order valence-corrected chi connectivity index (χ1v) is 5.94. The number of nitrogens with zero attached hydrogens (tertiary/aromatic N) is 2. The van der Waals surface area contributed by atoms with Crippen molar-refractivity contribution in [2.75, 3.05) is 0 Å². The fourth-order valence-electron chi connectivity index (χ4n) is 1.71. The number of aromatic nitrogens is 2. The fraction of sp³-hybridized carbons (Fsp3) is 0.462. The topological polar surface area (TPSA) is 43.0 Å². The highest BCUT2D eigenvalue weighted by molar-refractivity contribution is 5.20. The van der Waals surface area contributed by atoms with Gasteiger partial charge in [-0.25, -0.2) is 0 Å². The molecule has 0 aliphatic heterocycles. The maximum Gasteiger partial charge on any atom is 0.125 e. The molecule has 0 unspecified atom stereocenters. The highest BCUT2D eigenvalue weighted by Crippen LogP contribution is 2.15. The third-order valence-corrected chi connectivity index (χ3v) is 2.65. The van der Waals surface area contributed by atoms with Gasteiger partial charge in [0.2, 0.25) is 0 Å². The number of aryl methyl sites for hydroxylation is 1. The van der Waals surface area contributed by atoms with Gasteiger partial charge in [0.25, 0.3) is 0 Å². The van der Waals surface area contributed by atoms with Crippen LogP contribution in [0.25, 0.3) is 0 Å². The molecule has 92 valence electrons. The minimum absolute atomic E-state index is 0.485. The normalized spacial score (nSPS) is 11.3. The summed E-state index contributed by atoms with van der Waals surface area (Å²) in [5.41, 5.74) is 1.22. The molecule has 0 aromatic carbocycles. The minimum Gasteiger partial charge on any atom is -0.464 e. The van der Waals surface area contributed by atoms with Crippen LogP contribution in [0.1, 0.15) is 30.9 Å². The van der Waals surface area contributed by atoms with Crippen molar-refractivity contribution in [2.45, 2.75) is 39.9 Å². The second-order valence-corrected chi connectivity index (χ2v) is 4.53. The van der Waals surface area contributed by atoms with E-state index in [1.807, 2.05) is 23.9 Å². The van der Waals surface area contributed by atoms with E-state index in [2.05, 4.69) is 30.3 Å². The zero-order valence-corrected chi connectivity index (χ0v) is 10.6. The quantitative estimate of drug-likeness (QED) is 0.862. The maximum absolute atomic E-state index is 5.72. The van der Waals surface area contributed by atoms with E-state index in [9.17, 15) is 0 Å². The lowest BCUT2D eigenvalue weighted by Gasteiger charge is -2.05. The van der Waals surface area contributed by atoms with Gasteiger partial charge in [-0.15, -0.1) is 0 Å². The smallest absolute Gasteiger partial charge is 0.125 e. The van der Waals surface area contributed by atoms with Crippen LogP contribution in [0.5, 0.6) is 0 Å². The zero-order chi connectivity index (χ0) is 12.3. The summed E-state index contributed by atoms with van der Waals surface area (Å²) in [6.07, 6.45) is 3.71. The molecule has 0 aliphatic rings. The van der Waals surface area contributed by atoms with Gasteiger partial charge in [-0.3, -0.25) is 4.68 Å². The van der Waals surface area contributed by atoms with Gasteiger partial charge < -0.3 is 9.73 Å². The van der Waals surface area contributed by atoms with Gasteiger partial charge in [0, 0.05) is 30.5 Å². The second-order valence-electron chi connectivity index (χ2n) is 4.53. The lowest BCUT2D eigenvalue weighted by molar-refractivity contribution is 0.455. The first kappa shape index (κ1) is 11.9. The molecule has 0 radical (unpaired) electrons. The Morgan fingerprint density at radius 3 is 2.94 bits per heavy atom. The van der Waals surface area contributed by atoms with Crippen molar-refractivity contribution in [1.82, 2.24) is 15.1 Å². The standard InChI is InChI=1S/C13H19N3O/c1-10(2)14-8-12-7-13(17-11(12)3)9-16-6-4-5-15-16/h4-7,10,14H,8-9H2,1-3H3. The molecule has 0 aliphatic carbocycles. The average Bonchev–Trinajstić information content (AvgIpc) is 2.86. The Morgan fingerprint density at radius 2 is 2.29 bits per heavy atom. The van der Waals surface area contributed by atoms with Crippen LogP contribution in [0.15, 0.2) is 28.9 Å². The minimum atomic E-state index is 0.485. The van der Waals surface area contributed by atoms with Crippen molar-refractivity contribution < 1.29 is 4.42 Å². The molecule has 2 heterocycles. The van der Waals surface area contributed by atoms with Gasteiger partial charge >= 0.3 is 0 Å². The Kier molecular flexibility index (Phi) is 3.64.